The molecule has 88 valence electrons. The Labute approximate surface area is 95.8 Å². The van der Waals surface area contributed by atoms with E-state index in [1.807, 2.05) is 0 Å². The second-order valence-electron chi connectivity index (χ2n) is 6.55. The molecule has 0 radical (unpaired) electrons. The zero-order valence-corrected chi connectivity index (χ0v) is 10.8. The molecule has 0 heteroatoms. The highest BCUT2D eigenvalue weighted by Gasteiger charge is 2.31. The third-order valence-corrected chi connectivity index (χ3v) is 5.37. The largest absolute Gasteiger partial charge is 0.0625 e. The van der Waals surface area contributed by atoms with Crippen LogP contribution in [0.5, 0.6) is 0 Å². The highest BCUT2D eigenvalue weighted by atomic mass is 14.4. The quantitative estimate of drug-likeness (QED) is 0.576. The van der Waals surface area contributed by atoms with Crippen molar-refractivity contribution in [2.45, 2.75) is 65.7 Å². The molecular weight excluding hydrogens is 180 g/mol. The second kappa shape index (κ2) is 4.89. The lowest BCUT2D eigenvalue weighted by atomic mass is 9.67. The van der Waals surface area contributed by atoms with Crippen molar-refractivity contribution in [3.8, 4) is 0 Å². The van der Waals surface area contributed by atoms with Gasteiger partial charge in [0.15, 0.2) is 0 Å². The molecule has 0 amide bonds. The molecule has 2 rings (SSSR count). The van der Waals surface area contributed by atoms with Gasteiger partial charge in [-0.15, -0.1) is 0 Å². The minimum atomic E-state index is 0.989. The summed E-state index contributed by atoms with van der Waals surface area (Å²) < 4.78 is 0. The Bertz CT molecular complexity index is 188. The fraction of sp³-hybridized carbons (Fsp3) is 1.00. The molecule has 0 nitrogen and oxygen atoms in total. The first-order valence-electron chi connectivity index (χ1n) is 7.16. The van der Waals surface area contributed by atoms with Gasteiger partial charge in [0.05, 0.1) is 0 Å². The van der Waals surface area contributed by atoms with Gasteiger partial charge in [0, 0.05) is 0 Å². The summed E-state index contributed by atoms with van der Waals surface area (Å²) in [7, 11) is 0. The number of hydrogen-bond acceptors (Lipinski definition) is 0. The Kier molecular flexibility index (Phi) is 3.74. The molecule has 0 N–H and O–H groups in total. The Balaban J connectivity index is 1.84. The summed E-state index contributed by atoms with van der Waals surface area (Å²) in [6, 6.07) is 0. The molecule has 0 heterocycles. The lowest BCUT2D eigenvalue weighted by Gasteiger charge is -2.39. The predicted molar refractivity (Wildman–Crippen MR) is 66.8 cm³/mol. The predicted octanol–water partition coefficient (Wildman–Crippen LogP) is 4.89. The second-order valence-corrected chi connectivity index (χ2v) is 6.55. The van der Waals surface area contributed by atoms with Gasteiger partial charge in [-0.2, -0.15) is 0 Å². The maximum atomic E-state index is 2.47. The Morgan fingerprint density at radius 3 is 1.80 bits per heavy atom. The topological polar surface area (TPSA) is 0 Å². The molecule has 2 saturated carbocycles. The first-order valence-corrected chi connectivity index (χ1v) is 7.16. The normalized spacial score (nSPS) is 47.8. The van der Waals surface area contributed by atoms with Gasteiger partial charge in [-0.3, -0.25) is 0 Å². The van der Waals surface area contributed by atoms with Gasteiger partial charge >= 0.3 is 0 Å². The van der Waals surface area contributed by atoms with E-state index in [0.717, 1.165) is 29.6 Å². The van der Waals surface area contributed by atoms with Crippen molar-refractivity contribution in [3.63, 3.8) is 0 Å². The minimum Gasteiger partial charge on any atom is -0.0625 e. The van der Waals surface area contributed by atoms with Crippen LogP contribution in [0.3, 0.4) is 0 Å². The molecule has 2 aliphatic carbocycles. The van der Waals surface area contributed by atoms with Crippen LogP contribution < -0.4 is 0 Å². The van der Waals surface area contributed by atoms with Crippen molar-refractivity contribution in [1.29, 1.82) is 0 Å². The molecule has 0 unspecified atom stereocenters. The molecule has 0 aromatic heterocycles. The van der Waals surface area contributed by atoms with E-state index in [-0.39, 0.29) is 0 Å². The van der Waals surface area contributed by atoms with Gasteiger partial charge in [0.2, 0.25) is 0 Å². The molecule has 15 heavy (non-hydrogen) atoms. The molecule has 0 aromatic carbocycles. The van der Waals surface area contributed by atoms with E-state index < -0.39 is 0 Å². The van der Waals surface area contributed by atoms with Crippen molar-refractivity contribution in [3.05, 3.63) is 0 Å². The molecule has 0 aromatic rings. The Morgan fingerprint density at radius 1 is 0.600 bits per heavy atom. The van der Waals surface area contributed by atoms with Crippen LogP contribution in [0, 0.1) is 29.6 Å². The zero-order valence-electron chi connectivity index (χ0n) is 10.8. The molecule has 0 bridgehead atoms. The smallest absolute Gasteiger partial charge is 0.0383 e. The third-order valence-electron chi connectivity index (χ3n) is 5.37. The van der Waals surface area contributed by atoms with Gasteiger partial charge in [-0.25, -0.2) is 0 Å². The first kappa shape index (κ1) is 11.5. The minimum absolute atomic E-state index is 0.989. The van der Waals surface area contributed by atoms with Gasteiger partial charge < -0.3 is 0 Å². The molecule has 0 aliphatic heterocycles. The van der Waals surface area contributed by atoms with E-state index in [2.05, 4.69) is 20.8 Å². The van der Waals surface area contributed by atoms with Crippen LogP contribution in [0.25, 0.3) is 0 Å². The SMILES string of the molecule is CC1CCC([C@@H]2CC[C@@H](C)[C@H](C)C2)CC1. The highest BCUT2D eigenvalue weighted by Crippen LogP contribution is 2.43. The maximum Gasteiger partial charge on any atom is -0.0383 e. The van der Waals surface area contributed by atoms with Gasteiger partial charge in [0.1, 0.15) is 0 Å². The van der Waals surface area contributed by atoms with E-state index >= 15 is 0 Å². The fourth-order valence-corrected chi connectivity index (χ4v) is 3.77. The van der Waals surface area contributed by atoms with Crippen molar-refractivity contribution in [1.82, 2.24) is 0 Å². The van der Waals surface area contributed by atoms with Crippen molar-refractivity contribution < 1.29 is 0 Å². The van der Waals surface area contributed by atoms with Gasteiger partial charge in [-0.1, -0.05) is 40.0 Å². The third kappa shape index (κ3) is 2.77. The van der Waals surface area contributed by atoms with E-state index in [0.29, 0.717) is 0 Å². The maximum absolute atomic E-state index is 2.47. The van der Waals surface area contributed by atoms with Crippen LogP contribution in [-0.2, 0) is 0 Å². The van der Waals surface area contributed by atoms with Crippen LogP contribution >= 0.6 is 0 Å². The van der Waals surface area contributed by atoms with Crippen LogP contribution in [0.15, 0.2) is 0 Å². The Morgan fingerprint density at radius 2 is 1.20 bits per heavy atom. The summed E-state index contributed by atoms with van der Waals surface area (Å²) in [6.07, 6.45) is 10.6. The van der Waals surface area contributed by atoms with Gasteiger partial charge in [-0.05, 0) is 55.3 Å². The zero-order chi connectivity index (χ0) is 10.8. The van der Waals surface area contributed by atoms with Crippen molar-refractivity contribution in [2.75, 3.05) is 0 Å². The van der Waals surface area contributed by atoms with Crippen molar-refractivity contribution in [2.24, 2.45) is 29.6 Å². The fourth-order valence-electron chi connectivity index (χ4n) is 3.77. The van der Waals surface area contributed by atoms with E-state index in [1.54, 1.807) is 0 Å². The molecule has 0 spiro atoms. The Hall–Kier alpha value is 0. The number of rotatable bonds is 1. The van der Waals surface area contributed by atoms with Crippen LogP contribution in [0.4, 0.5) is 0 Å². The van der Waals surface area contributed by atoms with Crippen LogP contribution in [0.2, 0.25) is 0 Å². The molecule has 3 atom stereocenters. The number of hydrogen-bond donors (Lipinski definition) is 0. The average Bonchev–Trinajstić information content (AvgIpc) is 2.23. The standard InChI is InChI=1S/C15H28/c1-11-4-7-14(8-5-11)15-9-6-12(2)13(3)10-15/h11-15H,4-10H2,1-3H3/t11?,12-,13-,14?,15-/m1/s1. The lowest BCUT2D eigenvalue weighted by Crippen LogP contribution is -2.28. The van der Waals surface area contributed by atoms with E-state index in [9.17, 15) is 0 Å². The monoisotopic (exact) mass is 208 g/mol. The van der Waals surface area contributed by atoms with Gasteiger partial charge in [0.25, 0.3) is 0 Å². The lowest BCUT2D eigenvalue weighted by molar-refractivity contribution is 0.120. The average molecular weight is 208 g/mol. The summed E-state index contributed by atoms with van der Waals surface area (Å²) >= 11 is 0. The van der Waals surface area contributed by atoms with E-state index in [4.69, 9.17) is 0 Å². The summed E-state index contributed by atoms with van der Waals surface area (Å²) in [5, 5.41) is 0. The molecule has 2 aliphatic rings. The molecule has 2 fully saturated rings. The summed E-state index contributed by atoms with van der Waals surface area (Å²) in [6.45, 7) is 7.36. The molecule has 0 saturated heterocycles. The van der Waals surface area contributed by atoms with E-state index in [1.165, 1.54) is 44.9 Å². The summed E-state index contributed by atoms with van der Waals surface area (Å²) in [5.74, 6) is 5.17. The summed E-state index contributed by atoms with van der Waals surface area (Å²) in [4.78, 5) is 0. The van der Waals surface area contributed by atoms with Crippen molar-refractivity contribution >= 4 is 0 Å². The highest BCUT2D eigenvalue weighted by molar-refractivity contribution is 4.82. The van der Waals surface area contributed by atoms with Crippen LogP contribution in [0.1, 0.15) is 65.7 Å². The van der Waals surface area contributed by atoms with Crippen LogP contribution in [-0.4, -0.2) is 0 Å². The summed E-state index contributed by atoms with van der Waals surface area (Å²) in [5.41, 5.74) is 0. The molecular formula is C15H28. The first-order chi connectivity index (χ1) is 7.16.